The standard InChI is InChI=1S/C28H39N5O2/c1-5-34-23-15-16-26(35-6-2)21(17-23)19-29-22-13-11-20(12-14-22)18-30-28-31-25-10-8-7-9-24(25)27(32-28)33(3)4/h7-10,15-17,20,22,29H,5-6,11-14,18-19H2,1-4H3,(H,30,31,32). The smallest absolute Gasteiger partial charge is 0.225 e. The van der Waals surface area contributed by atoms with Crippen LogP contribution in [0.3, 0.4) is 0 Å². The average molecular weight is 478 g/mol. The number of anilines is 2. The molecule has 7 nitrogen and oxygen atoms in total. The first-order chi connectivity index (χ1) is 17.1. The number of benzene rings is 2. The zero-order valence-electron chi connectivity index (χ0n) is 21.5. The first-order valence-electron chi connectivity index (χ1n) is 12.9. The van der Waals surface area contributed by atoms with E-state index in [1.54, 1.807) is 0 Å². The van der Waals surface area contributed by atoms with Crippen LogP contribution in [0.5, 0.6) is 11.5 Å². The summed E-state index contributed by atoms with van der Waals surface area (Å²) in [6.07, 6.45) is 4.72. The Labute approximate surface area is 209 Å². The minimum Gasteiger partial charge on any atom is -0.494 e. The molecule has 0 radical (unpaired) electrons. The van der Waals surface area contributed by atoms with Crippen LogP contribution in [0, 0.1) is 5.92 Å². The molecule has 1 saturated carbocycles. The highest BCUT2D eigenvalue weighted by molar-refractivity contribution is 5.90. The number of aromatic nitrogens is 2. The van der Waals surface area contributed by atoms with E-state index in [1.165, 1.54) is 25.7 Å². The van der Waals surface area contributed by atoms with Gasteiger partial charge in [-0.2, -0.15) is 4.98 Å². The van der Waals surface area contributed by atoms with Crippen molar-refractivity contribution >= 4 is 22.7 Å². The van der Waals surface area contributed by atoms with Gasteiger partial charge in [0.05, 0.1) is 18.7 Å². The Bertz CT molecular complexity index is 1100. The molecule has 4 rings (SSSR count). The van der Waals surface area contributed by atoms with Crippen LogP contribution in [0.2, 0.25) is 0 Å². The molecule has 2 N–H and O–H groups in total. The highest BCUT2D eigenvalue weighted by Gasteiger charge is 2.22. The Balaban J connectivity index is 1.29. The molecular formula is C28H39N5O2. The second kappa shape index (κ2) is 12.1. The zero-order chi connectivity index (χ0) is 24.6. The Morgan fingerprint density at radius 3 is 2.46 bits per heavy atom. The van der Waals surface area contributed by atoms with E-state index in [1.807, 2.05) is 63.2 Å². The van der Waals surface area contributed by atoms with Gasteiger partial charge in [0.15, 0.2) is 0 Å². The van der Waals surface area contributed by atoms with Gasteiger partial charge in [0.2, 0.25) is 5.95 Å². The quantitative estimate of drug-likeness (QED) is 0.391. The summed E-state index contributed by atoms with van der Waals surface area (Å²) in [5.41, 5.74) is 2.13. The second-order valence-electron chi connectivity index (χ2n) is 9.40. The van der Waals surface area contributed by atoms with Gasteiger partial charge in [-0.15, -0.1) is 0 Å². The summed E-state index contributed by atoms with van der Waals surface area (Å²) in [7, 11) is 4.05. The van der Waals surface area contributed by atoms with Gasteiger partial charge in [-0.1, -0.05) is 12.1 Å². The van der Waals surface area contributed by atoms with Crippen LogP contribution in [0.15, 0.2) is 42.5 Å². The Morgan fingerprint density at radius 2 is 1.71 bits per heavy atom. The topological polar surface area (TPSA) is 71.5 Å². The van der Waals surface area contributed by atoms with E-state index in [4.69, 9.17) is 19.4 Å². The van der Waals surface area contributed by atoms with Crippen molar-refractivity contribution in [2.24, 2.45) is 5.92 Å². The fourth-order valence-corrected chi connectivity index (χ4v) is 4.79. The fraction of sp³-hybridized carbons (Fsp3) is 0.500. The summed E-state index contributed by atoms with van der Waals surface area (Å²) in [6, 6.07) is 14.8. The number of hydrogen-bond donors (Lipinski definition) is 2. The molecule has 1 aliphatic carbocycles. The fourth-order valence-electron chi connectivity index (χ4n) is 4.79. The third-order valence-corrected chi connectivity index (χ3v) is 6.63. The second-order valence-corrected chi connectivity index (χ2v) is 9.40. The molecular weight excluding hydrogens is 438 g/mol. The molecule has 7 heteroatoms. The van der Waals surface area contributed by atoms with E-state index in [2.05, 4.69) is 22.8 Å². The molecule has 1 aromatic heterocycles. The Kier molecular flexibility index (Phi) is 8.64. The van der Waals surface area contributed by atoms with Gasteiger partial charge in [0.25, 0.3) is 0 Å². The Hall–Kier alpha value is -3.06. The SMILES string of the molecule is CCOc1ccc(OCC)c(CNC2CCC(CNc3nc(N(C)C)c4ccccc4n3)CC2)c1. The first kappa shape index (κ1) is 25.0. The lowest BCUT2D eigenvalue weighted by Crippen LogP contribution is -2.34. The van der Waals surface area contributed by atoms with Crippen molar-refractivity contribution in [3.8, 4) is 11.5 Å². The molecule has 0 spiro atoms. The predicted molar refractivity (Wildman–Crippen MR) is 144 cm³/mol. The molecule has 188 valence electrons. The summed E-state index contributed by atoms with van der Waals surface area (Å²) in [5, 5.41) is 8.35. The maximum Gasteiger partial charge on any atom is 0.225 e. The molecule has 0 saturated heterocycles. The van der Waals surface area contributed by atoms with Gasteiger partial charge in [-0.3, -0.25) is 0 Å². The molecule has 0 bridgehead atoms. The van der Waals surface area contributed by atoms with Gasteiger partial charge in [0, 0.05) is 44.2 Å². The minimum atomic E-state index is 0.522. The number of para-hydroxylation sites is 1. The van der Waals surface area contributed by atoms with E-state index in [9.17, 15) is 0 Å². The van der Waals surface area contributed by atoms with E-state index < -0.39 is 0 Å². The molecule has 3 aromatic rings. The molecule has 35 heavy (non-hydrogen) atoms. The van der Waals surface area contributed by atoms with Crippen molar-refractivity contribution in [3.05, 3.63) is 48.0 Å². The van der Waals surface area contributed by atoms with Crippen LogP contribution >= 0.6 is 0 Å². The minimum absolute atomic E-state index is 0.522. The molecule has 1 heterocycles. The number of ether oxygens (including phenoxy) is 2. The first-order valence-corrected chi connectivity index (χ1v) is 12.9. The van der Waals surface area contributed by atoms with Crippen LogP contribution in [0.25, 0.3) is 10.9 Å². The van der Waals surface area contributed by atoms with Gasteiger partial charge in [0.1, 0.15) is 17.3 Å². The van der Waals surface area contributed by atoms with Crippen LogP contribution in [-0.2, 0) is 6.54 Å². The summed E-state index contributed by atoms with van der Waals surface area (Å²) < 4.78 is 11.5. The molecule has 0 unspecified atom stereocenters. The highest BCUT2D eigenvalue weighted by Crippen LogP contribution is 2.28. The van der Waals surface area contributed by atoms with Gasteiger partial charge < -0.3 is 25.0 Å². The summed E-state index contributed by atoms with van der Waals surface area (Å²) in [4.78, 5) is 11.6. The highest BCUT2D eigenvalue weighted by atomic mass is 16.5. The third-order valence-electron chi connectivity index (χ3n) is 6.63. The molecule has 0 amide bonds. The van der Waals surface area contributed by atoms with Crippen molar-refractivity contribution in [1.29, 1.82) is 0 Å². The van der Waals surface area contributed by atoms with Crippen molar-refractivity contribution in [2.45, 2.75) is 52.1 Å². The molecule has 2 aromatic carbocycles. The van der Waals surface area contributed by atoms with Crippen molar-refractivity contribution < 1.29 is 9.47 Å². The number of nitrogens with zero attached hydrogens (tertiary/aromatic N) is 3. The van der Waals surface area contributed by atoms with Gasteiger partial charge in [-0.25, -0.2) is 4.98 Å². The lowest BCUT2D eigenvalue weighted by molar-refractivity contribution is 0.295. The summed E-state index contributed by atoms with van der Waals surface area (Å²) in [5.74, 6) is 4.13. The van der Waals surface area contributed by atoms with E-state index in [-0.39, 0.29) is 0 Å². The van der Waals surface area contributed by atoms with Crippen LogP contribution in [-0.4, -0.2) is 49.9 Å². The number of hydrogen-bond acceptors (Lipinski definition) is 7. The van der Waals surface area contributed by atoms with Gasteiger partial charge >= 0.3 is 0 Å². The number of nitrogens with one attached hydrogen (secondary N) is 2. The summed E-state index contributed by atoms with van der Waals surface area (Å²) >= 11 is 0. The molecule has 1 aliphatic rings. The van der Waals surface area contributed by atoms with E-state index in [0.717, 1.165) is 46.9 Å². The van der Waals surface area contributed by atoms with Gasteiger partial charge in [-0.05, 0) is 75.8 Å². The van der Waals surface area contributed by atoms with E-state index in [0.29, 0.717) is 31.1 Å². The molecule has 1 fully saturated rings. The molecule has 0 atom stereocenters. The maximum atomic E-state index is 5.83. The number of fused-ring (bicyclic) bond motifs is 1. The monoisotopic (exact) mass is 477 g/mol. The molecule has 0 aliphatic heterocycles. The van der Waals surface area contributed by atoms with Crippen molar-refractivity contribution in [3.63, 3.8) is 0 Å². The lowest BCUT2D eigenvalue weighted by atomic mass is 9.86. The zero-order valence-corrected chi connectivity index (χ0v) is 21.5. The largest absolute Gasteiger partial charge is 0.494 e. The number of rotatable bonds is 11. The normalized spacial score (nSPS) is 17.8. The van der Waals surface area contributed by atoms with E-state index >= 15 is 0 Å². The van der Waals surface area contributed by atoms with Crippen molar-refractivity contribution in [2.75, 3.05) is 44.1 Å². The Morgan fingerprint density at radius 1 is 0.943 bits per heavy atom. The maximum absolute atomic E-state index is 5.83. The summed E-state index contributed by atoms with van der Waals surface area (Å²) in [6.45, 7) is 7.06. The lowest BCUT2D eigenvalue weighted by Gasteiger charge is -2.29. The third kappa shape index (κ3) is 6.54. The van der Waals surface area contributed by atoms with Crippen LogP contribution in [0.4, 0.5) is 11.8 Å². The van der Waals surface area contributed by atoms with Crippen LogP contribution in [0.1, 0.15) is 45.1 Å². The van der Waals surface area contributed by atoms with Crippen LogP contribution < -0.4 is 25.0 Å². The predicted octanol–water partition coefficient (Wildman–Crippen LogP) is 5.25. The average Bonchev–Trinajstić information content (AvgIpc) is 2.87. The van der Waals surface area contributed by atoms with Crippen molar-refractivity contribution in [1.82, 2.24) is 15.3 Å².